The lowest BCUT2D eigenvalue weighted by molar-refractivity contribution is -0.151. The third-order valence-corrected chi connectivity index (χ3v) is 4.56. The first-order valence-electron chi connectivity index (χ1n) is 8.02. The van der Waals surface area contributed by atoms with Crippen molar-refractivity contribution >= 4 is 11.9 Å². The number of hydrogen-bond donors (Lipinski definition) is 1. The predicted molar refractivity (Wildman–Crippen MR) is 87.3 cm³/mol. The van der Waals surface area contributed by atoms with E-state index in [1.165, 1.54) is 18.2 Å². The normalized spacial score (nSPS) is 20.7. The SMILES string of the molecule is COCC1(C(=O)O)CCN(C(=O)CCCc2ccc(C)cc2)C1. The number of nitrogens with zero attached hydrogens (tertiary/aromatic N) is 1. The number of aliphatic carboxylic acids is 1. The van der Waals surface area contributed by atoms with E-state index in [1.54, 1.807) is 4.90 Å². The van der Waals surface area contributed by atoms with Crippen molar-refractivity contribution < 1.29 is 19.4 Å². The molecule has 1 amide bonds. The molecule has 0 radical (unpaired) electrons. The van der Waals surface area contributed by atoms with Gasteiger partial charge in [0, 0.05) is 26.6 Å². The molecule has 0 aromatic heterocycles. The summed E-state index contributed by atoms with van der Waals surface area (Å²) in [6, 6.07) is 8.32. The Kier molecular flexibility index (Phi) is 5.77. The topological polar surface area (TPSA) is 66.8 Å². The van der Waals surface area contributed by atoms with Crippen LogP contribution in [-0.4, -0.2) is 48.7 Å². The molecule has 1 aliphatic heterocycles. The van der Waals surface area contributed by atoms with E-state index >= 15 is 0 Å². The van der Waals surface area contributed by atoms with E-state index < -0.39 is 11.4 Å². The van der Waals surface area contributed by atoms with Crippen LogP contribution in [0.1, 0.15) is 30.4 Å². The number of aryl methyl sites for hydroxylation is 2. The number of methoxy groups -OCH3 is 1. The Morgan fingerprint density at radius 2 is 2.00 bits per heavy atom. The van der Waals surface area contributed by atoms with Gasteiger partial charge in [-0.25, -0.2) is 0 Å². The summed E-state index contributed by atoms with van der Waals surface area (Å²) in [5.74, 6) is -0.842. The van der Waals surface area contributed by atoms with Gasteiger partial charge in [-0.15, -0.1) is 0 Å². The fraction of sp³-hybridized carbons (Fsp3) is 0.556. The van der Waals surface area contributed by atoms with Gasteiger partial charge in [-0.1, -0.05) is 29.8 Å². The fourth-order valence-corrected chi connectivity index (χ4v) is 3.07. The molecule has 1 fully saturated rings. The summed E-state index contributed by atoms with van der Waals surface area (Å²) in [6.07, 6.45) is 2.56. The molecule has 126 valence electrons. The lowest BCUT2D eigenvalue weighted by atomic mass is 9.88. The number of carbonyl (C=O) groups excluding carboxylic acids is 1. The van der Waals surface area contributed by atoms with Gasteiger partial charge >= 0.3 is 5.97 Å². The van der Waals surface area contributed by atoms with Crippen molar-refractivity contribution in [2.24, 2.45) is 5.41 Å². The summed E-state index contributed by atoms with van der Waals surface area (Å²) >= 11 is 0. The molecule has 0 spiro atoms. The quantitative estimate of drug-likeness (QED) is 0.837. The molecule has 1 aromatic rings. The van der Waals surface area contributed by atoms with Gasteiger partial charge < -0.3 is 14.7 Å². The second-order valence-corrected chi connectivity index (χ2v) is 6.42. The minimum atomic E-state index is -0.943. The molecule has 5 heteroatoms. The molecule has 1 aromatic carbocycles. The standard InChI is InChI=1S/C18H25NO4/c1-14-6-8-15(9-7-14)4-3-5-16(20)19-11-10-18(12-19,13-23-2)17(21)22/h6-9H,3-5,10-13H2,1-2H3,(H,21,22). The van der Waals surface area contributed by atoms with Crippen molar-refractivity contribution in [2.45, 2.75) is 32.6 Å². The number of likely N-dealkylation sites (tertiary alicyclic amines) is 1. The van der Waals surface area contributed by atoms with Gasteiger partial charge in [0.25, 0.3) is 0 Å². The Balaban J connectivity index is 1.82. The zero-order chi connectivity index (χ0) is 16.9. The molecule has 1 unspecified atom stereocenters. The summed E-state index contributed by atoms with van der Waals surface area (Å²) in [5, 5.41) is 9.42. The van der Waals surface area contributed by atoms with Crippen LogP contribution in [0.15, 0.2) is 24.3 Å². The van der Waals surface area contributed by atoms with Gasteiger partial charge in [-0.3, -0.25) is 9.59 Å². The molecule has 1 atom stereocenters. The summed E-state index contributed by atoms with van der Waals surface area (Å²) < 4.78 is 5.05. The van der Waals surface area contributed by atoms with E-state index in [2.05, 4.69) is 31.2 Å². The van der Waals surface area contributed by atoms with Crippen LogP contribution in [0.25, 0.3) is 0 Å². The highest BCUT2D eigenvalue weighted by atomic mass is 16.5. The Morgan fingerprint density at radius 1 is 1.30 bits per heavy atom. The zero-order valence-corrected chi connectivity index (χ0v) is 13.9. The Hall–Kier alpha value is -1.88. The molecule has 1 saturated heterocycles. The van der Waals surface area contributed by atoms with Crippen LogP contribution in [0.5, 0.6) is 0 Å². The van der Waals surface area contributed by atoms with Crippen molar-refractivity contribution in [3.8, 4) is 0 Å². The molecular formula is C18H25NO4. The second-order valence-electron chi connectivity index (χ2n) is 6.42. The molecule has 23 heavy (non-hydrogen) atoms. The van der Waals surface area contributed by atoms with Gasteiger partial charge in [0.2, 0.25) is 5.91 Å². The average Bonchev–Trinajstić information content (AvgIpc) is 2.95. The van der Waals surface area contributed by atoms with Crippen LogP contribution in [0.4, 0.5) is 0 Å². The molecule has 1 heterocycles. The first-order chi connectivity index (χ1) is 11.0. The maximum Gasteiger partial charge on any atom is 0.313 e. The fourth-order valence-electron chi connectivity index (χ4n) is 3.07. The van der Waals surface area contributed by atoms with Crippen molar-refractivity contribution in [1.29, 1.82) is 0 Å². The van der Waals surface area contributed by atoms with E-state index in [9.17, 15) is 14.7 Å². The van der Waals surface area contributed by atoms with Gasteiger partial charge in [0.15, 0.2) is 0 Å². The van der Waals surface area contributed by atoms with E-state index in [0.29, 0.717) is 19.4 Å². The maximum absolute atomic E-state index is 12.3. The largest absolute Gasteiger partial charge is 0.481 e. The summed E-state index contributed by atoms with van der Waals surface area (Å²) in [5.41, 5.74) is 1.51. The van der Waals surface area contributed by atoms with E-state index in [1.807, 2.05) is 0 Å². The van der Waals surface area contributed by atoms with Crippen molar-refractivity contribution in [1.82, 2.24) is 4.90 Å². The second kappa shape index (κ2) is 7.59. The molecule has 2 rings (SSSR count). The van der Waals surface area contributed by atoms with Crippen molar-refractivity contribution in [3.05, 3.63) is 35.4 Å². The first kappa shape index (κ1) is 17.5. The monoisotopic (exact) mass is 319 g/mol. The highest BCUT2D eigenvalue weighted by Gasteiger charge is 2.46. The van der Waals surface area contributed by atoms with Gasteiger partial charge in [0.1, 0.15) is 5.41 Å². The lowest BCUT2D eigenvalue weighted by Crippen LogP contribution is -2.40. The number of carbonyl (C=O) groups is 2. The minimum Gasteiger partial charge on any atom is -0.481 e. The van der Waals surface area contributed by atoms with Crippen LogP contribution in [-0.2, 0) is 20.7 Å². The van der Waals surface area contributed by atoms with Crippen LogP contribution in [0.2, 0.25) is 0 Å². The highest BCUT2D eigenvalue weighted by molar-refractivity contribution is 5.80. The van der Waals surface area contributed by atoms with Crippen LogP contribution in [0.3, 0.4) is 0 Å². The Labute approximate surface area is 137 Å². The molecule has 0 saturated carbocycles. The third kappa shape index (κ3) is 4.32. The highest BCUT2D eigenvalue weighted by Crippen LogP contribution is 2.31. The number of benzene rings is 1. The molecule has 1 N–H and O–H groups in total. The lowest BCUT2D eigenvalue weighted by Gasteiger charge is -2.23. The number of carboxylic acids is 1. The summed E-state index contributed by atoms with van der Waals surface area (Å²) in [6.45, 7) is 2.95. The zero-order valence-electron chi connectivity index (χ0n) is 13.9. The van der Waals surface area contributed by atoms with E-state index in [0.717, 1.165) is 12.8 Å². The Bertz CT molecular complexity index is 555. The van der Waals surface area contributed by atoms with E-state index in [4.69, 9.17) is 4.74 Å². The number of rotatable bonds is 7. The third-order valence-electron chi connectivity index (χ3n) is 4.56. The smallest absolute Gasteiger partial charge is 0.313 e. The van der Waals surface area contributed by atoms with E-state index in [-0.39, 0.29) is 19.1 Å². The van der Waals surface area contributed by atoms with Gasteiger partial charge in [-0.2, -0.15) is 0 Å². The molecule has 5 nitrogen and oxygen atoms in total. The number of ether oxygens (including phenoxy) is 1. The van der Waals surface area contributed by atoms with Crippen molar-refractivity contribution in [3.63, 3.8) is 0 Å². The van der Waals surface area contributed by atoms with Crippen molar-refractivity contribution in [2.75, 3.05) is 26.8 Å². The number of carboxylic acid groups (broad SMARTS) is 1. The summed E-state index contributed by atoms with van der Waals surface area (Å²) in [7, 11) is 1.50. The predicted octanol–water partition coefficient (Wildman–Crippen LogP) is 2.27. The van der Waals surface area contributed by atoms with Crippen LogP contribution in [0, 0.1) is 12.3 Å². The molecular weight excluding hydrogens is 294 g/mol. The summed E-state index contributed by atoms with van der Waals surface area (Å²) in [4.78, 5) is 25.5. The van der Waals surface area contributed by atoms with Crippen LogP contribution < -0.4 is 0 Å². The Morgan fingerprint density at radius 3 is 2.61 bits per heavy atom. The molecule has 0 bridgehead atoms. The molecule has 1 aliphatic rings. The molecule has 0 aliphatic carbocycles. The first-order valence-corrected chi connectivity index (χ1v) is 8.02. The average molecular weight is 319 g/mol. The van der Waals surface area contributed by atoms with Crippen LogP contribution >= 0.6 is 0 Å². The van der Waals surface area contributed by atoms with Gasteiger partial charge in [-0.05, 0) is 31.7 Å². The number of hydrogen-bond acceptors (Lipinski definition) is 3. The number of amides is 1. The minimum absolute atomic E-state index is 0.0383. The van der Waals surface area contributed by atoms with Gasteiger partial charge in [0.05, 0.1) is 6.61 Å². The maximum atomic E-state index is 12.3.